The molecule has 106 valence electrons. The highest BCUT2D eigenvalue weighted by Gasteiger charge is 2.12. The number of hydrogen-bond acceptors (Lipinski definition) is 3. The summed E-state index contributed by atoms with van der Waals surface area (Å²) in [6, 6.07) is 1.82. The third-order valence-electron chi connectivity index (χ3n) is 3.80. The number of hydrogen-bond donors (Lipinski definition) is 1. The lowest BCUT2D eigenvalue weighted by Gasteiger charge is -2.21. The molecular formula is C15H24ClN3. The zero-order chi connectivity index (χ0) is 13.5. The minimum atomic E-state index is 0.540. The van der Waals surface area contributed by atoms with E-state index in [9.17, 15) is 0 Å². The molecule has 4 heteroatoms. The number of nitrogens with one attached hydrogen (secondary N) is 1. The Morgan fingerprint density at radius 3 is 2.79 bits per heavy atom. The highest BCUT2D eigenvalue weighted by Crippen LogP contribution is 2.26. The Kier molecular flexibility index (Phi) is 5.90. The van der Waals surface area contributed by atoms with Gasteiger partial charge in [0.15, 0.2) is 0 Å². The van der Waals surface area contributed by atoms with E-state index in [-0.39, 0.29) is 0 Å². The maximum Gasteiger partial charge on any atom is 0.134 e. The first kappa shape index (κ1) is 14.6. The van der Waals surface area contributed by atoms with Crippen LogP contribution < -0.4 is 5.32 Å². The maximum absolute atomic E-state index is 6.02. The van der Waals surface area contributed by atoms with Crippen LogP contribution in [-0.2, 0) is 6.42 Å². The van der Waals surface area contributed by atoms with Gasteiger partial charge in [-0.25, -0.2) is 9.97 Å². The van der Waals surface area contributed by atoms with Crippen LogP contribution in [-0.4, -0.2) is 16.5 Å². The van der Waals surface area contributed by atoms with Crippen LogP contribution >= 0.6 is 11.6 Å². The predicted octanol–water partition coefficient (Wildman–Crippen LogP) is 4.46. The van der Waals surface area contributed by atoms with Gasteiger partial charge in [0, 0.05) is 19.0 Å². The highest BCUT2D eigenvalue weighted by molar-refractivity contribution is 6.29. The number of halogens is 1. The molecule has 2 rings (SSSR count). The van der Waals surface area contributed by atoms with Gasteiger partial charge in [-0.3, -0.25) is 0 Å². The van der Waals surface area contributed by atoms with E-state index in [4.69, 9.17) is 11.6 Å². The van der Waals surface area contributed by atoms with Crippen LogP contribution in [0.3, 0.4) is 0 Å². The molecule has 1 aromatic rings. The van der Waals surface area contributed by atoms with Crippen molar-refractivity contribution in [3.05, 3.63) is 17.0 Å². The monoisotopic (exact) mass is 281 g/mol. The van der Waals surface area contributed by atoms with E-state index in [1.54, 1.807) is 0 Å². The molecule has 0 amide bonds. The summed E-state index contributed by atoms with van der Waals surface area (Å²) in [7, 11) is 0. The van der Waals surface area contributed by atoms with Crippen molar-refractivity contribution >= 4 is 17.4 Å². The number of aryl methyl sites for hydroxylation is 1. The Labute approximate surface area is 121 Å². The van der Waals surface area contributed by atoms with Crippen molar-refractivity contribution in [3.8, 4) is 0 Å². The fourth-order valence-electron chi connectivity index (χ4n) is 2.77. The van der Waals surface area contributed by atoms with Crippen molar-refractivity contribution in [2.24, 2.45) is 5.92 Å². The average Bonchev–Trinajstić information content (AvgIpc) is 2.40. The molecule has 1 fully saturated rings. The SMILES string of the molecule is CCCc1nc(Cl)cc(NCCC2CCCCC2)n1. The predicted molar refractivity (Wildman–Crippen MR) is 80.7 cm³/mol. The minimum Gasteiger partial charge on any atom is -0.370 e. The molecular weight excluding hydrogens is 258 g/mol. The molecule has 1 saturated carbocycles. The average molecular weight is 282 g/mol. The van der Waals surface area contributed by atoms with Gasteiger partial charge in [0.05, 0.1) is 0 Å². The summed E-state index contributed by atoms with van der Waals surface area (Å²) in [6.07, 6.45) is 10.2. The van der Waals surface area contributed by atoms with Gasteiger partial charge in [0.25, 0.3) is 0 Å². The summed E-state index contributed by atoms with van der Waals surface area (Å²) in [5.41, 5.74) is 0. The first-order chi connectivity index (χ1) is 9.28. The van der Waals surface area contributed by atoms with Gasteiger partial charge < -0.3 is 5.32 Å². The van der Waals surface area contributed by atoms with E-state index in [1.807, 2.05) is 6.07 Å². The Balaban J connectivity index is 1.81. The second-order valence-electron chi connectivity index (χ2n) is 5.46. The third-order valence-corrected chi connectivity index (χ3v) is 3.99. The molecule has 1 N–H and O–H groups in total. The summed E-state index contributed by atoms with van der Waals surface area (Å²) in [4.78, 5) is 8.74. The van der Waals surface area contributed by atoms with Crippen LogP contribution in [0.1, 0.15) is 57.7 Å². The smallest absolute Gasteiger partial charge is 0.134 e. The van der Waals surface area contributed by atoms with E-state index in [0.29, 0.717) is 5.15 Å². The van der Waals surface area contributed by atoms with E-state index in [2.05, 4.69) is 22.2 Å². The fourth-order valence-corrected chi connectivity index (χ4v) is 2.97. The number of aromatic nitrogens is 2. The molecule has 1 heterocycles. The summed E-state index contributed by atoms with van der Waals surface area (Å²) in [6.45, 7) is 3.12. The number of rotatable bonds is 6. The molecule has 0 unspecified atom stereocenters. The van der Waals surface area contributed by atoms with Crippen LogP contribution in [0.5, 0.6) is 0 Å². The Morgan fingerprint density at radius 1 is 1.26 bits per heavy atom. The molecule has 3 nitrogen and oxygen atoms in total. The summed E-state index contributed by atoms with van der Waals surface area (Å²) < 4.78 is 0. The Bertz CT molecular complexity index is 389. The van der Waals surface area contributed by atoms with Crippen LogP contribution in [0.2, 0.25) is 5.15 Å². The van der Waals surface area contributed by atoms with Crippen molar-refractivity contribution in [2.75, 3.05) is 11.9 Å². The highest BCUT2D eigenvalue weighted by atomic mass is 35.5. The normalized spacial score (nSPS) is 16.5. The third kappa shape index (κ3) is 4.98. The van der Waals surface area contributed by atoms with Gasteiger partial charge in [0.2, 0.25) is 0 Å². The minimum absolute atomic E-state index is 0.540. The molecule has 1 aliphatic rings. The van der Waals surface area contributed by atoms with Gasteiger partial charge in [-0.05, 0) is 18.8 Å². The van der Waals surface area contributed by atoms with Crippen LogP contribution in [0, 0.1) is 5.92 Å². The molecule has 1 aromatic heterocycles. The summed E-state index contributed by atoms with van der Waals surface area (Å²) in [5, 5.41) is 3.94. The van der Waals surface area contributed by atoms with Gasteiger partial charge in [0.1, 0.15) is 16.8 Å². The van der Waals surface area contributed by atoms with Gasteiger partial charge in [-0.2, -0.15) is 0 Å². The number of anilines is 1. The quantitative estimate of drug-likeness (QED) is 0.782. The maximum atomic E-state index is 6.02. The van der Waals surface area contributed by atoms with Crippen molar-refractivity contribution in [1.29, 1.82) is 0 Å². The van der Waals surface area contributed by atoms with Gasteiger partial charge in [-0.1, -0.05) is 50.6 Å². The lowest BCUT2D eigenvalue weighted by molar-refractivity contribution is 0.345. The Hall–Kier alpha value is -0.830. The lowest BCUT2D eigenvalue weighted by Crippen LogP contribution is -2.13. The second-order valence-corrected chi connectivity index (χ2v) is 5.85. The summed E-state index contributed by atoms with van der Waals surface area (Å²) >= 11 is 6.02. The fraction of sp³-hybridized carbons (Fsp3) is 0.733. The van der Waals surface area contributed by atoms with Gasteiger partial charge in [-0.15, -0.1) is 0 Å². The zero-order valence-electron chi connectivity index (χ0n) is 11.8. The van der Waals surface area contributed by atoms with Gasteiger partial charge >= 0.3 is 0 Å². The molecule has 0 bridgehead atoms. The van der Waals surface area contributed by atoms with Crippen molar-refractivity contribution in [3.63, 3.8) is 0 Å². The molecule has 1 aliphatic carbocycles. The molecule has 0 atom stereocenters. The lowest BCUT2D eigenvalue weighted by atomic mass is 9.87. The van der Waals surface area contributed by atoms with Crippen LogP contribution in [0.15, 0.2) is 6.07 Å². The first-order valence-electron chi connectivity index (χ1n) is 7.55. The molecule has 0 saturated heterocycles. The van der Waals surface area contributed by atoms with Crippen molar-refractivity contribution in [1.82, 2.24) is 9.97 Å². The number of nitrogens with zero attached hydrogens (tertiary/aromatic N) is 2. The van der Waals surface area contributed by atoms with Crippen molar-refractivity contribution < 1.29 is 0 Å². The van der Waals surface area contributed by atoms with E-state index in [0.717, 1.165) is 36.9 Å². The molecule has 0 aromatic carbocycles. The molecule has 19 heavy (non-hydrogen) atoms. The first-order valence-corrected chi connectivity index (χ1v) is 7.93. The largest absolute Gasteiger partial charge is 0.370 e. The van der Waals surface area contributed by atoms with Crippen molar-refractivity contribution in [2.45, 2.75) is 58.3 Å². The van der Waals surface area contributed by atoms with Crippen LogP contribution in [0.25, 0.3) is 0 Å². The van der Waals surface area contributed by atoms with E-state index in [1.165, 1.54) is 38.5 Å². The van der Waals surface area contributed by atoms with E-state index < -0.39 is 0 Å². The topological polar surface area (TPSA) is 37.8 Å². The molecule has 0 aliphatic heterocycles. The van der Waals surface area contributed by atoms with Crippen LogP contribution in [0.4, 0.5) is 5.82 Å². The zero-order valence-corrected chi connectivity index (χ0v) is 12.5. The van der Waals surface area contributed by atoms with E-state index >= 15 is 0 Å². The second kappa shape index (κ2) is 7.68. The standard InChI is InChI=1S/C15H24ClN3/c1-2-6-14-18-13(16)11-15(19-14)17-10-9-12-7-4-3-5-8-12/h11-12H,2-10H2,1H3,(H,17,18,19). The molecule has 0 radical (unpaired) electrons. The summed E-state index contributed by atoms with van der Waals surface area (Å²) in [5.74, 6) is 2.61. The molecule has 0 spiro atoms. The Morgan fingerprint density at radius 2 is 2.05 bits per heavy atom.